The fourth-order valence-corrected chi connectivity index (χ4v) is 4.31. The van der Waals surface area contributed by atoms with Gasteiger partial charge in [-0.25, -0.2) is 0 Å². The van der Waals surface area contributed by atoms with Crippen molar-refractivity contribution < 1.29 is 14.4 Å². The average Bonchev–Trinajstić information content (AvgIpc) is 2.91. The molecule has 1 aromatic rings. The van der Waals surface area contributed by atoms with Gasteiger partial charge in [0.25, 0.3) is 0 Å². The summed E-state index contributed by atoms with van der Waals surface area (Å²) in [5.41, 5.74) is 1.01. The minimum Gasteiger partial charge on any atom is -0.352 e. The molecule has 3 aliphatic heterocycles. The van der Waals surface area contributed by atoms with Crippen LogP contribution in [0.25, 0.3) is 0 Å². The van der Waals surface area contributed by atoms with Crippen LogP contribution in [0.1, 0.15) is 31.2 Å². The molecule has 0 aliphatic carbocycles. The van der Waals surface area contributed by atoms with E-state index in [4.69, 9.17) is 0 Å². The van der Waals surface area contributed by atoms with Crippen LogP contribution in [-0.2, 0) is 19.8 Å². The normalized spacial score (nSPS) is 25.9. The van der Waals surface area contributed by atoms with Crippen molar-refractivity contribution in [1.29, 1.82) is 0 Å². The molecule has 7 heteroatoms. The second-order valence-electron chi connectivity index (χ2n) is 7.42. The maximum atomic E-state index is 12.7. The Morgan fingerprint density at radius 1 is 1.23 bits per heavy atom. The lowest BCUT2D eigenvalue weighted by molar-refractivity contribution is -0.142. The van der Waals surface area contributed by atoms with Crippen molar-refractivity contribution in [2.24, 2.45) is 0 Å². The van der Waals surface area contributed by atoms with Crippen molar-refractivity contribution in [2.45, 2.75) is 37.1 Å². The van der Waals surface area contributed by atoms with Gasteiger partial charge in [-0.05, 0) is 44.0 Å². The highest BCUT2D eigenvalue weighted by molar-refractivity contribution is 6.07. The largest absolute Gasteiger partial charge is 0.352 e. The van der Waals surface area contributed by atoms with Crippen LogP contribution in [0.5, 0.6) is 0 Å². The molecule has 1 atom stereocenters. The summed E-state index contributed by atoms with van der Waals surface area (Å²) in [5, 5.41) is 9.21. The maximum Gasteiger partial charge on any atom is 0.239 e. The third-order valence-corrected chi connectivity index (χ3v) is 5.74. The van der Waals surface area contributed by atoms with Crippen molar-refractivity contribution >= 4 is 23.4 Å². The van der Waals surface area contributed by atoms with E-state index < -0.39 is 5.41 Å². The standard InChI is InChI=1S/C19H24N4O3/c24-16(21-13-6-9-20-10-7-13)11-23-12-19(8-5-17(23)25)14-3-1-2-4-15(14)22-18(19)26/h1-4,13,20H,5-12H2,(H,21,24)(H,22,26). The monoisotopic (exact) mass is 356 g/mol. The number of anilines is 1. The van der Waals surface area contributed by atoms with Crippen LogP contribution in [0.2, 0.25) is 0 Å². The average molecular weight is 356 g/mol. The van der Waals surface area contributed by atoms with Gasteiger partial charge in [-0.15, -0.1) is 0 Å². The molecule has 1 aromatic carbocycles. The van der Waals surface area contributed by atoms with Crippen molar-refractivity contribution in [1.82, 2.24) is 15.5 Å². The third-order valence-electron chi connectivity index (χ3n) is 5.74. The number of fused-ring (bicyclic) bond motifs is 2. The van der Waals surface area contributed by atoms with E-state index in [1.165, 1.54) is 0 Å². The SMILES string of the molecule is O=C(CN1CC2(CCC1=O)C(=O)Nc1ccccc12)NC1CCNCC1. The molecule has 3 N–H and O–H groups in total. The summed E-state index contributed by atoms with van der Waals surface area (Å²) in [5.74, 6) is -0.280. The first-order chi connectivity index (χ1) is 12.6. The third kappa shape index (κ3) is 2.96. The second kappa shape index (κ2) is 6.72. The number of rotatable bonds is 3. The summed E-state index contributed by atoms with van der Waals surface area (Å²) in [6.07, 6.45) is 2.57. The quantitative estimate of drug-likeness (QED) is 0.730. The highest BCUT2D eigenvalue weighted by Gasteiger charge is 2.51. The molecule has 3 heterocycles. The smallest absolute Gasteiger partial charge is 0.239 e. The molecule has 0 saturated carbocycles. The summed E-state index contributed by atoms with van der Waals surface area (Å²) < 4.78 is 0. The summed E-state index contributed by atoms with van der Waals surface area (Å²) >= 11 is 0. The second-order valence-corrected chi connectivity index (χ2v) is 7.42. The van der Waals surface area contributed by atoms with Gasteiger partial charge in [0.15, 0.2) is 0 Å². The van der Waals surface area contributed by atoms with Crippen molar-refractivity contribution in [3.8, 4) is 0 Å². The Morgan fingerprint density at radius 2 is 2.00 bits per heavy atom. The Balaban J connectivity index is 1.48. The van der Waals surface area contributed by atoms with Gasteiger partial charge >= 0.3 is 0 Å². The maximum absolute atomic E-state index is 12.7. The molecule has 26 heavy (non-hydrogen) atoms. The summed E-state index contributed by atoms with van der Waals surface area (Å²) in [4.78, 5) is 39.1. The van der Waals surface area contributed by atoms with E-state index in [0.717, 1.165) is 37.2 Å². The molecule has 3 aliphatic rings. The van der Waals surface area contributed by atoms with E-state index in [2.05, 4.69) is 16.0 Å². The number of nitrogens with one attached hydrogen (secondary N) is 3. The Morgan fingerprint density at radius 3 is 2.81 bits per heavy atom. The van der Waals surface area contributed by atoms with Gasteiger partial charge < -0.3 is 20.9 Å². The fraction of sp³-hybridized carbons (Fsp3) is 0.526. The van der Waals surface area contributed by atoms with Gasteiger partial charge in [0.2, 0.25) is 17.7 Å². The molecular weight excluding hydrogens is 332 g/mol. The predicted molar refractivity (Wildman–Crippen MR) is 96.6 cm³/mol. The Hall–Kier alpha value is -2.41. The van der Waals surface area contributed by atoms with Crippen molar-refractivity contribution in [3.63, 3.8) is 0 Å². The first-order valence-corrected chi connectivity index (χ1v) is 9.27. The number of para-hydroxylation sites is 1. The van der Waals surface area contributed by atoms with Crippen LogP contribution in [0.3, 0.4) is 0 Å². The zero-order chi connectivity index (χ0) is 18.1. The first kappa shape index (κ1) is 17.0. The highest BCUT2D eigenvalue weighted by Crippen LogP contribution is 2.43. The number of carbonyl (C=O) groups excluding carboxylic acids is 3. The number of carbonyl (C=O) groups is 3. The molecule has 0 aromatic heterocycles. The lowest BCUT2D eigenvalue weighted by Crippen LogP contribution is -2.55. The van der Waals surface area contributed by atoms with Gasteiger partial charge in [0.05, 0.1) is 12.0 Å². The number of hydrogen-bond donors (Lipinski definition) is 3. The Kier molecular flexibility index (Phi) is 4.40. The van der Waals surface area contributed by atoms with E-state index in [-0.39, 0.29) is 43.3 Å². The summed E-state index contributed by atoms with van der Waals surface area (Å²) in [7, 11) is 0. The number of nitrogens with zero attached hydrogens (tertiary/aromatic N) is 1. The summed E-state index contributed by atoms with van der Waals surface area (Å²) in [6, 6.07) is 7.78. The fourth-order valence-electron chi connectivity index (χ4n) is 4.31. The molecule has 4 rings (SSSR count). The topological polar surface area (TPSA) is 90.5 Å². The van der Waals surface area contributed by atoms with Gasteiger partial charge in [0.1, 0.15) is 0 Å². The molecule has 7 nitrogen and oxygen atoms in total. The number of likely N-dealkylation sites (tertiary alicyclic amines) is 1. The molecule has 0 bridgehead atoms. The van der Waals surface area contributed by atoms with Crippen molar-refractivity contribution in [3.05, 3.63) is 29.8 Å². The molecule has 3 amide bonds. The molecular formula is C19H24N4O3. The minimum absolute atomic E-state index is 0.0138. The van der Waals surface area contributed by atoms with Gasteiger partial charge in [0, 0.05) is 24.7 Å². The number of amides is 3. The summed E-state index contributed by atoms with van der Waals surface area (Å²) in [6.45, 7) is 2.07. The highest BCUT2D eigenvalue weighted by atomic mass is 16.2. The number of piperidine rings is 2. The Labute approximate surface area is 152 Å². The number of benzene rings is 1. The first-order valence-electron chi connectivity index (χ1n) is 9.27. The molecule has 1 spiro atoms. The zero-order valence-corrected chi connectivity index (χ0v) is 14.7. The van der Waals surface area contributed by atoms with Crippen LogP contribution in [0, 0.1) is 0 Å². The van der Waals surface area contributed by atoms with Crippen LogP contribution >= 0.6 is 0 Å². The lowest BCUT2D eigenvalue weighted by Gasteiger charge is -2.38. The van der Waals surface area contributed by atoms with Gasteiger partial charge in [-0.3, -0.25) is 14.4 Å². The Bertz CT molecular complexity index is 744. The molecule has 2 fully saturated rings. The molecule has 138 valence electrons. The van der Waals surface area contributed by atoms with Crippen LogP contribution in [0.4, 0.5) is 5.69 Å². The minimum atomic E-state index is -0.737. The lowest BCUT2D eigenvalue weighted by atomic mass is 9.75. The predicted octanol–water partition coefficient (Wildman–Crippen LogP) is 0.367. The molecule has 1 unspecified atom stereocenters. The van der Waals surface area contributed by atoms with Gasteiger partial charge in [-0.1, -0.05) is 18.2 Å². The van der Waals surface area contributed by atoms with Crippen LogP contribution in [-0.4, -0.2) is 54.8 Å². The van der Waals surface area contributed by atoms with E-state index in [0.29, 0.717) is 6.42 Å². The van der Waals surface area contributed by atoms with E-state index in [9.17, 15) is 14.4 Å². The van der Waals surface area contributed by atoms with E-state index in [1.807, 2.05) is 24.3 Å². The van der Waals surface area contributed by atoms with Crippen LogP contribution < -0.4 is 16.0 Å². The van der Waals surface area contributed by atoms with Crippen molar-refractivity contribution in [2.75, 3.05) is 31.5 Å². The molecule has 2 saturated heterocycles. The molecule has 0 radical (unpaired) electrons. The number of hydrogen-bond acceptors (Lipinski definition) is 4. The van der Waals surface area contributed by atoms with Gasteiger partial charge in [-0.2, -0.15) is 0 Å². The van der Waals surface area contributed by atoms with Crippen LogP contribution in [0.15, 0.2) is 24.3 Å². The van der Waals surface area contributed by atoms with E-state index >= 15 is 0 Å². The zero-order valence-electron chi connectivity index (χ0n) is 14.7. The van der Waals surface area contributed by atoms with E-state index in [1.54, 1.807) is 4.90 Å².